The standard InChI is InChI=1S/C10H10ClF/c11-9-5-4-8(6-10(9)12)7-2-1-3-7/h4-7H,1-3H2. The summed E-state index contributed by atoms with van der Waals surface area (Å²) in [5.41, 5.74) is 1.10. The molecule has 1 fully saturated rings. The fraction of sp³-hybridized carbons (Fsp3) is 0.400. The minimum absolute atomic E-state index is 0.220. The Morgan fingerprint density at radius 1 is 1.33 bits per heavy atom. The summed E-state index contributed by atoms with van der Waals surface area (Å²) in [6.45, 7) is 0. The van der Waals surface area contributed by atoms with Gasteiger partial charge in [0.05, 0.1) is 5.02 Å². The monoisotopic (exact) mass is 184 g/mol. The average Bonchev–Trinajstić information content (AvgIpc) is 1.93. The average molecular weight is 185 g/mol. The van der Waals surface area contributed by atoms with E-state index in [9.17, 15) is 4.39 Å². The van der Waals surface area contributed by atoms with Crippen LogP contribution in [-0.4, -0.2) is 0 Å². The zero-order chi connectivity index (χ0) is 8.55. The molecule has 1 saturated carbocycles. The Kier molecular flexibility index (Phi) is 2.05. The van der Waals surface area contributed by atoms with Gasteiger partial charge in [0.2, 0.25) is 0 Å². The topological polar surface area (TPSA) is 0 Å². The van der Waals surface area contributed by atoms with E-state index in [-0.39, 0.29) is 10.8 Å². The summed E-state index contributed by atoms with van der Waals surface area (Å²) in [4.78, 5) is 0. The summed E-state index contributed by atoms with van der Waals surface area (Å²) in [6.07, 6.45) is 3.66. The second-order valence-electron chi connectivity index (χ2n) is 3.30. The number of hydrogen-bond acceptors (Lipinski definition) is 0. The van der Waals surface area contributed by atoms with E-state index >= 15 is 0 Å². The van der Waals surface area contributed by atoms with Gasteiger partial charge in [-0.1, -0.05) is 24.1 Å². The molecule has 0 aromatic heterocycles. The van der Waals surface area contributed by atoms with Crippen molar-refractivity contribution in [1.82, 2.24) is 0 Å². The van der Waals surface area contributed by atoms with Crippen molar-refractivity contribution in [1.29, 1.82) is 0 Å². The van der Waals surface area contributed by atoms with Crippen LogP contribution >= 0.6 is 11.6 Å². The number of halogens is 2. The van der Waals surface area contributed by atoms with E-state index in [1.165, 1.54) is 19.3 Å². The van der Waals surface area contributed by atoms with Gasteiger partial charge in [-0.3, -0.25) is 0 Å². The highest BCUT2D eigenvalue weighted by molar-refractivity contribution is 6.30. The van der Waals surface area contributed by atoms with Crippen LogP contribution in [0.1, 0.15) is 30.7 Å². The largest absolute Gasteiger partial charge is 0.205 e. The van der Waals surface area contributed by atoms with Crippen molar-refractivity contribution >= 4 is 11.6 Å². The predicted molar refractivity (Wildman–Crippen MR) is 48.0 cm³/mol. The minimum atomic E-state index is -0.291. The first-order chi connectivity index (χ1) is 5.77. The molecule has 0 N–H and O–H groups in total. The minimum Gasteiger partial charge on any atom is -0.205 e. The van der Waals surface area contributed by atoms with Crippen LogP contribution in [0.4, 0.5) is 4.39 Å². The molecule has 12 heavy (non-hydrogen) atoms. The highest BCUT2D eigenvalue weighted by atomic mass is 35.5. The first-order valence-corrected chi connectivity index (χ1v) is 4.60. The Hall–Kier alpha value is -0.560. The summed E-state index contributed by atoms with van der Waals surface area (Å²) in [7, 11) is 0. The van der Waals surface area contributed by atoms with E-state index in [0.717, 1.165) is 5.56 Å². The lowest BCUT2D eigenvalue weighted by Crippen LogP contribution is -2.08. The van der Waals surface area contributed by atoms with Crippen LogP contribution in [0.15, 0.2) is 18.2 Å². The van der Waals surface area contributed by atoms with Gasteiger partial charge in [-0.05, 0) is 36.5 Å². The third kappa shape index (κ3) is 1.34. The third-order valence-corrected chi connectivity index (χ3v) is 2.83. The van der Waals surface area contributed by atoms with Crippen LogP contribution in [0, 0.1) is 5.82 Å². The molecule has 0 saturated heterocycles. The summed E-state index contributed by atoms with van der Waals surface area (Å²) < 4.78 is 13.0. The highest BCUT2D eigenvalue weighted by Crippen LogP contribution is 2.37. The number of benzene rings is 1. The smallest absolute Gasteiger partial charge is 0.142 e. The van der Waals surface area contributed by atoms with Gasteiger partial charge in [0.25, 0.3) is 0 Å². The van der Waals surface area contributed by atoms with Gasteiger partial charge in [0, 0.05) is 0 Å². The van der Waals surface area contributed by atoms with E-state index in [1.54, 1.807) is 12.1 Å². The molecular formula is C10H10ClF. The molecule has 0 radical (unpaired) electrons. The molecule has 0 spiro atoms. The predicted octanol–water partition coefficient (Wildman–Crippen LogP) is 3.75. The summed E-state index contributed by atoms with van der Waals surface area (Å²) in [6, 6.07) is 5.13. The fourth-order valence-corrected chi connectivity index (χ4v) is 1.63. The van der Waals surface area contributed by atoms with Crippen molar-refractivity contribution in [2.24, 2.45) is 0 Å². The molecular weight excluding hydrogens is 175 g/mol. The first kappa shape index (κ1) is 8.06. The van der Waals surface area contributed by atoms with Crippen molar-refractivity contribution < 1.29 is 4.39 Å². The lowest BCUT2D eigenvalue weighted by molar-refractivity contribution is 0.418. The zero-order valence-electron chi connectivity index (χ0n) is 6.69. The van der Waals surface area contributed by atoms with Gasteiger partial charge >= 0.3 is 0 Å². The third-order valence-electron chi connectivity index (χ3n) is 2.52. The zero-order valence-corrected chi connectivity index (χ0v) is 7.44. The number of hydrogen-bond donors (Lipinski definition) is 0. The number of rotatable bonds is 1. The van der Waals surface area contributed by atoms with Crippen LogP contribution in [0.3, 0.4) is 0 Å². The van der Waals surface area contributed by atoms with Crippen molar-refractivity contribution in [2.45, 2.75) is 25.2 Å². The maximum atomic E-state index is 13.0. The molecule has 1 aliphatic carbocycles. The fourth-order valence-electron chi connectivity index (χ4n) is 1.51. The maximum Gasteiger partial charge on any atom is 0.142 e. The highest BCUT2D eigenvalue weighted by Gasteiger charge is 2.19. The molecule has 0 heterocycles. The van der Waals surface area contributed by atoms with E-state index in [2.05, 4.69) is 0 Å². The molecule has 0 nitrogen and oxygen atoms in total. The molecule has 1 aromatic rings. The van der Waals surface area contributed by atoms with Gasteiger partial charge < -0.3 is 0 Å². The molecule has 2 rings (SSSR count). The van der Waals surface area contributed by atoms with Gasteiger partial charge in [-0.25, -0.2) is 4.39 Å². The van der Waals surface area contributed by atoms with Crippen LogP contribution < -0.4 is 0 Å². The van der Waals surface area contributed by atoms with Crippen molar-refractivity contribution in [3.63, 3.8) is 0 Å². The Balaban J connectivity index is 2.27. The van der Waals surface area contributed by atoms with Crippen LogP contribution in [0.5, 0.6) is 0 Å². The second kappa shape index (κ2) is 3.06. The van der Waals surface area contributed by atoms with E-state index in [0.29, 0.717) is 5.92 Å². The SMILES string of the molecule is Fc1cc(C2CCC2)ccc1Cl. The quantitative estimate of drug-likeness (QED) is 0.624. The Morgan fingerprint density at radius 3 is 2.58 bits per heavy atom. The molecule has 0 atom stereocenters. The summed E-state index contributed by atoms with van der Waals surface area (Å²) in [5, 5.41) is 0.220. The maximum absolute atomic E-state index is 13.0. The van der Waals surface area contributed by atoms with Crippen molar-refractivity contribution in [3.05, 3.63) is 34.6 Å². The molecule has 0 bridgehead atoms. The molecule has 0 amide bonds. The molecule has 1 aromatic carbocycles. The molecule has 0 aliphatic heterocycles. The van der Waals surface area contributed by atoms with Crippen LogP contribution in [0.2, 0.25) is 5.02 Å². The van der Waals surface area contributed by atoms with Crippen molar-refractivity contribution in [2.75, 3.05) is 0 Å². The van der Waals surface area contributed by atoms with Gasteiger partial charge in [0.1, 0.15) is 5.82 Å². The second-order valence-corrected chi connectivity index (χ2v) is 3.71. The lowest BCUT2D eigenvalue weighted by Gasteiger charge is -2.25. The van der Waals surface area contributed by atoms with Crippen molar-refractivity contribution in [3.8, 4) is 0 Å². The van der Waals surface area contributed by atoms with Gasteiger partial charge in [0.15, 0.2) is 0 Å². The summed E-state index contributed by atoms with van der Waals surface area (Å²) in [5.74, 6) is 0.290. The summed E-state index contributed by atoms with van der Waals surface area (Å²) >= 11 is 5.57. The van der Waals surface area contributed by atoms with E-state index in [1.807, 2.05) is 6.07 Å². The van der Waals surface area contributed by atoms with Gasteiger partial charge in [-0.15, -0.1) is 0 Å². The van der Waals surface area contributed by atoms with Gasteiger partial charge in [-0.2, -0.15) is 0 Å². The normalized spacial score (nSPS) is 17.5. The van der Waals surface area contributed by atoms with E-state index < -0.39 is 0 Å². The molecule has 0 unspecified atom stereocenters. The molecule has 2 heteroatoms. The first-order valence-electron chi connectivity index (χ1n) is 4.22. The van der Waals surface area contributed by atoms with E-state index in [4.69, 9.17) is 11.6 Å². The Bertz CT molecular complexity index is 292. The molecule has 64 valence electrons. The Labute approximate surface area is 76.4 Å². The molecule has 1 aliphatic rings. The van der Waals surface area contributed by atoms with Crippen LogP contribution in [-0.2, 0) is 0 Å². The Morgan fingerprint density at radius 2 is 2.08 bits per heavy atom. The van der Waals surface area contributed by atoms with Crippen LogP contribution in [0.25, 0.3) is 0 Å². The lowest BCUT2D eigenvalue weighted by atomic mass is 9.80.